The molecule has 3 aliphatic rings. The average molecular weight is 557 g/mol. The molecule has 12 heteroatoms. The number of ketones is 2. The third kappa shape index (κ3) is 4.19. The molecule has 1 heterocycles. The molecule has 1 fully saturated rings. The minimum absolute atomic E-state index is 0.0188. The second kappa shape index (κ2) is 10.2. The molecule has 2 aromatic rings. The van der Waals surface area contributed by atoms with E-state index in [0.717, 1.165) is 0 Å². The van der Waals surface area contributed by atoms with Gasteiger partial charge in [0.05, 0.1) is 54.4 Å². The number of phenolic OH excluding ortho intramolecular Hbond substituents is 2. The molecule has 0 saturated carbocycles. The monoisotopic (exact) mass is 556 g/mol. The minimum atomic E-state index is -2.00. The van der Waals surface area contributed by atoms with Gasteiger partial charge in [-0.15, -0.1) is 0 Å². The van der Waals surface area contributed by atoms with Crippen LogP contribution < -0.4 is 10.1 Å². The normalized spacial score (nSPS) is 29.4. The molecule has 7 N–H and O–H groups in total. The Balaban J connectivity index is 1.68. The molecule has 0 spiro atoms. The number of nitrogens with one attached hydrogen (secondary N) is 2. The van der Waals surface area contributed by atoms with Gasteiger partial charge < -0.3 is 50.5 Å². The number of hydrogen-bond donors (Lipinski definition) is 7. The highest BCUT2D eigenvalue weighted by Crippen LogP contribution is 2.52. The summed E-state index contributed by atoms with van der Waals surface area (Å²) in [5.74, 6) is -2.57. The molecule has 40 heavy (non-hydrogen) atoms. The summed E-state index contributed by atoms with van der Waals surface area (Å²) < 4.78 is 17.3. The van der Waals surface area contributed by atoms with Crippen molar-refractivity contribution >= 4 is 17.3 Å². The molecule has 2 aliphatic carbocycles. The van der Waals surface area contributed by atoms with Crippen molar-refractivity contribution < 1.29 is 49.3 Å². The van der Waals surface area contributed by atoms with E-state index >= 15 is 0 Å². The van der Waals surface area contributed by atoms with Gasteiger partial charge >= 0.3 is 0 Å². The Morgan fingerprint density at radius 3 is 2.52 bits per heavy atom. The molecule has 6 atom stereocenters. The second-order valence-corrected chi connectivity index (χ2v) is 10.4. The summed E-state index contributed by atoms with van der Waals surface area (Å²) in [6, 6.07) is 4.04. The highest BCUT2D eigenvalue weighted by molar-refractivity contribution is 6.31. The number of aliphatic hydroxyl groups excluding tert-OH is 2. The summed E-state index contributed by atoms with van der Waals surface area (Å²) in [6.45, 7) is 0.873. The molecular weight excluding hydrogens is 524 g/mol. The average Bonchev–Trinajstić information content (AvgIpc) is 2.94. The maximum absolute atomic E-state index is 13.7. The summed E-state index contributed by atoms with van der Waals surface area (Å²) in [5, 5.41) is 65.7. The lowest BCUT2D eigenvalue weighted by atomic mass is 9.71. The Morgan fingerprint density at radius 2 is 1.88 bits per heavy atom. The number of carbonyl (C=O) groups excluding carboxylic acids is 2. The number of phenols is 2. The van der Waals surface area contributed by atoms with Crippen molar-refractivity contribution in [2.75, 3.05) is 20.8 Å². The van der Waals surface area contributed by atoms with Gasteiger partial charge in [-0.2, -0.15) is 0 Å². The number of methoxy groups -OCH3 is 1. The topological polar surface area (TPSA) is 199 Å². The van der Waals surface area contributed by atoms with Crippen LogP contribution in [0.1, 0.15) is 68.8 Å². The number of ether oxygens (including phenoxy) is 3. The predicted octanol–water partition coefficient (Wildman–Crippen LogP) is 0.713. The third-order valence-electron chi connectivity index (χ3n) is 8.19. The van der Waals surface area contributed by atoms with Gasteiger partial charge in [-0.05, 0) is 20.0 Å². The van der Waals surface area contributed by atoms with E-state index in [0.29, 0.717) is 0 Å². The van der Waals surface area contributed by atoms with E-state index in [-0.39, 0.29) is 40.8 Å². The Morgan fingerprint density at radius 1 is 1.18 bits per heavy atom. The highest BCUT2D eigenvalue weighted by Gasteiger charge is 2.49. The van der Waals surface area contributed by atoms with Crippen molar-refractivity contribution in [2.24, 2.45) is 0 Å². The van der Waals surface area contributed by atoms with Crippen molar-refractivity contribution in [3.63, 3.8) is 0 Å². The summed E-state index contributed by atoms with van der Waals surface area (Å²) in [5.41, 5.74) is -3.51. The number of fused-ring (bicyclic) bond motifs is 3. The van der Waals surface area contributed by atoms with Crippen LogP contribution in [0.15, 0.2) is 18.2 Å². The Bertz CT molecular complexity index is 1410. The maximum Gasteiger partial charge on any atom is 0.202 e. The SMILES string of the molecule is CN[C@H]1C[C@@H](O[C@H]2C[C@](O)(C(=N)CO)Cc3c(O)c4c(c(O)c32)C(=O)c2c(OC)cccc2C4=O)O[C@@H](C)[C@H]1O. The first-order chi connectivity index (χ1) is 19.0. The molecule has 0 amide bonds. The number of likely N-dealkylation sites (N-methyl/N-ethyl adjacent to an activating group) is 1. The summed E-state index contributed by atoms with van der Waals surface area (Å²) >= 11 is 0. The molecule has 12 nitrogen and oxygen atoms in total. The first-order valence-corrected chi connectivity index (χ1v) is 12.9. The molecule has 0 aromatic heterocycles. The van der Waals surface area contributed by atoms with E-state index in [4.69, 9.17) is 19.6 Å². The first-order valence-electron chi connectivity index (χ1n) is 12.9. The lowest BCUT2D eigenvalue weighted by Gasteiger charge is -2.43. The number of aromatic hydroxyl groups is 2. The fourth-order valence-corrected chi connectivity index (χ4v) is 6.02. The van der Waals surface area contributed by atoms with Crippen LogP contribution in [0.25, 0.3) is 0 Å². The molecule has 0 bridgehead atoms. The molecule has 1 aliphatic heterocycles. The van der Waals surface area contributed by atoms with Crippen molar-refractivity contribution in [1.82, 2.24) is 5.32 Å². The summed E-state index contributed by atoms with van der Waals surface area (Å²) in [6.07, 6.45) is -4.22. The van der Waals surface area contributed by atoms with Gasteiger partial charge in [-0.25, -0.2) is 0 Å². The number of aliphatic hydroxyl groups is 3. The molecule has 2 aromatic carbocycles. The van der Waals surface area contributed by atoms with E-state index < -0.39 is 89.2 Å². The number of carbonyl (C=O) groups is 2. The first kappa shape index (κ1) is 28.1. The lowest BCUT2D eigenvalue weighted by Crippen LogP contribution is -2.53. The zero-order chi connectivity index (χ0) is 29.1. The Labute approximate surface area is 229 Å². The third-order valence-corrected chi connectivity index (χ3v) is 8.19. The molecular formula is C28H32N2O10. The van der Waals surface area contributed by atoms with Crippen LogP contribution in [0.3, 0.4) is 0 Å². The van der Waals surface area contributed by atoms with E-state index in [2.05, 4.69) is 5.32 Å². The second-order valence-electron chi connectivity index (χ2n) is 10.4. The number of rotatable bonds is 6. The fraction of sp³-hybridized carbons (Fsp3) is 0.464. The Hall–Kier alpha value is -3.39. The summed E-state index contributed by atoms with van der Waals surface area (Å²) in [4.78, 5) is 27.3. The van der Waals surface area contributed by atoms with Crippen LogP contribution in [-0.4, -0.2) is 93.7 Å². The van der Waals surface area contributed by atoms with Gasteiger partial charge in [0, 0.05) is 42.0 Å². The van der Waals surface area contributed by atoms with Gasteiger partial charge in [0.1, 0.15) is 22.8 Å². The largest absolute Gasteiger partial charge is 0.507 e. The fourth-order valence-electron chi connectivity index (χ4n) is 6.02. The zero-order valence-corrected chi connectivity index (χ0v) is 22.2. The van der Waals surface area contributed by atoms with E-state index in [9.17, 15) is 35.1 Å². The lowest BCUT2D eigenvalue weighted by molar-refractivity contribution is -0.248. The smallest absolute Gasteiger partial charge is 0.202 e. The molecule has 1 saturated heterocycles. The van der Waals surface area contributed by atoms with Crippen LogP contribution >= 0.6 is 0 Å². The standard InChI is InChI=1S/C28H32N2O10/c1-11-23(32)14(30-2)7-18(39-11)40-16-9-28(37,17(29)10-31)8-13-20(16)27(36)22-21(25(13)34)24(33)12-5-4-6-15(38-3)19(12)26(22)35/h4-6,11,14,16,18,23,29-32,34,36-37H,7-10H2,1-3H3/t11-,14-,16-,18+,23+,28-/m0/s1. The summed E-state index contributed by atoms with van der Waals surface area (Å²) in [7, 11) is 3.01. The van der Waals surface area contributed by atoms with E-state index in [1.54, 1.807) is 14.0 Å². The zero-order valence-electron chi connectivity index (χ0n) is 22.2. The molecule has 0 unspecified atom stereocenters. The van der Waals surface area contributed by atoms with E-state index in [1.807, 2.05) is 0 Å². The van der Waals surface area contributed by atoms with Gasteiger partial charge in [-0.3, -0.25) is 9.59 Å². The van der Waals surface area contributed by atoms with Crippen LogP contribution in [0.5, 0.6) is 17.2 Å². The van der Waals surface area contributed by atoms with Crippen LogP contribution in [0, 0.1) is 5.41 Å². The van der Waals surface area contributed by atoms with Crippen molar-refractivity contribution in [3.05, 3.63) is 51.6 Å². The van der Waals surface area contributed by atoms with Gasteiger partial charge in [0.2, 0.25) is 5.78 Å². The van der Waals surface area contributed by atoms with Gasteiger partial charge in [-0.1, -0.05) is 12.1 Å². The molecule has 0 radical (unpaired) electrons. The van der Waals surface area contributed by atoms with Crippen molar-refractivity contribution in [1.29, 1.82) is 5.41 Å². The van der Waals surface area contributed by atoms with Crippen molar-refractivity contribution in [2.45, 2.75) is 62.4 Å². The molecule has 5 rings (SSSR count). The number of hydrogen-bond acceptors (Lipinski definition) is 12. The maximum atomic E-state index is 13.7. The van der Waals surface area contributed by atoms with Crippen molar-refractivity contribution in [3.8, 4) is 17.2 Å². The van der Waals surface area contributed by atoms with E-state index in [1.165, 1.54) is 25.3 Å². The Kier molecular flexibility index (Phi) is 7.19. The van der Waals surface area contributed by atoms with Crippen LogP contribution in [-0.2, 0) is 15.9 Å². The van der Waals surface area contributed by atoms with Gasteiger partial charge in [0.15, 0.2) is 12.1 Å². The van der Waals surface area contributed by atoms with Crippen LogP contribution in [0.2, 0.25) is 0 Å². The minimum Gasteiger partial charge on any atom is -0.507 e. The molecule has 214 valence electrons. The van der Waals surface area contributed by atoms with Gasteiger partial charge in [0.25, 0.3) is 0 Å². The highest BCUT2D eigenvalue weighted by atomic mass is 16.7. The van der Waals surface area contributed by atoms with Crippen LogP contribution in [0.4, 0.5) is 0 Å². The number of benzene rings is 2. The quantitative estimate of drug-likeness (QED) is 0.167. The predicted molar refractivity (Wildman–Crippen MR) is 139 cm³/mol.